The molecule has 0 radical (unpaired) electrons. The first-order valence-corrected chi connectivity index (χ1v) is 9.94. The van der Waals surface area contributed by atoms with Crippen molar-refractivity contribution in [1.29, 1.82) is 5.26 Å². The van der Waals surface area contributed by atoms with Crippen LogP contribution in [-0.2, 0) is 4.74 Å². The number of nitriles is 1. The molecule has 1 N–H and O–H groups in total. The van der Waals surface area contributed by atoms with Gasteiger partial charge in [0, 0.05) is 30.1 Å². The van der Waals surface area contributed by atoms with Gasteiger partial charge in [0.1, 0.15) is 12.1 Å². The smallest absolute Gasteiger partial charge is 0.137 e. The molecule has 2 aliphatic rings. The second-order valence-corrected chi connectivity index (χ2v) is 7.77. The molecule has 0 bridgehead atoms. The third kappa shape index (κ3) is 3.76. The summed E-state index contributed by atoms with van der Waals surface area (Å²) in [6.45, 7) is 6.35. The zero-order valence-corrected chi connectivity index (χ0v) is 16.1. The quantitative estimate of drug-likeness (QED) is 0.899. The normalized spacial score (nSPS) is 29.4. The van der Waals surface area contributed by atoms with Crippen LogP contribution in [-0.4, -0.2) is 52.2 Å². The van der Waals surface area contributed by atoms with Crippen molar-refractivity contribution in [1.82, 2.24) is 14.9 Å². The van der Waals surface area contributed by atoms with E-state index in [4.69, 9.17) is 4.74 Å². The van der Waals surface area contributed by atoms with Crippen LogP contribution in [0.4, 0.5) is 5.82 Å². The van der Waals surface area contributed by atoms with E-state index < -0.39 is 0 Å². The van der Waals surface area contributed by atoms with Crippen LogP contribution in [0.5, 0.6) is 0 Å². The van der Waals surface area contributed by atoms with E-state index in [-0.39, 0.29) is 0 Å². The Labute approximate surface area is 160 Å². The number of aromatic nitrogens is 2. The molecule has 2 heterocycles. The maximum atomic E-state index is 9.18. The van der Waals surface area contributed by atoms with Crippen LogP contribution in [0, 0.1) is 11.3 Å². The number of hydrogen-bond acceptors (Lipinski definition) is 6. The molecule has 6 nitrogen and oxygen atoms in total. The van der Waals surface area contributed by atoms with Gasteiger partial charge in [0.25, 0.3) is 0 Å². The van der Waals surface area contributed by atoms with Crippen molar-refractivity contribution >= 4 is 16.7 Å². The summed E-state index contributed by atoms with van der Waals surface area (Å²) in [6.07, 6.45) is 6.57. The molecular weight excluding hydrogens is 338 g/mol. The van der Waals surface area contributed by atoms with E-state index in [9.17, 15) is 5.26 Å². The molecule has 2 atom stereocenters. The fraction of sp³-hybridized carbons (Fsp3) is 0.571. The molecule has 142 valence electrons. The lowest BCUT2D eigenvalue weighted by atomic mass is 9.88. The maximum absolute atomic E-state index is 9.18. The molecule has 1 aliphatic heterocycles. The van der Waals surface area contributed by atoms with Gasteiger partial charge in [-0.1, -0.05) is 0 Å². The highest BCUT2D eigenvalue weighted by Crippen LogP contribution is 2.30. The molecular formula is C21H27N5O. The van der Waals surface area contributed by atoms with Gasteiger partial charge in [0.05, 0.1) is 29.9 Å². The highest BCUT2D eigenvalue weighted by Gasteiger charge is 2.33. The molecule has 27 heavy (non-hydrogen) atoms. The van der Waals surface area contributed by atoms with Gasteiger partial charge in [0.15, 0.2) is 0 Å². The summed E-state index contributed by atoms with van der Waals surface area (Å²) in [4.78, 5) is 11.4. The Morgan fingerprint density at radius 1 is 1.19 bits per heavy atom. The third-order valence-electron chi connectivity index (χ3n) is 6.20. The summed E-state index contributed by atoms with van der Waals surface area (Å²) in [5, 5.41) is 13.7. The summed E-state index contributed by atoms with van der Waals surface area (Å²) in [7, 11) is 0. The largest absolute Gasteiger partial charge is 0.376 e. The predicted octanol–water partition coefficient (Wildman–Crippen LogP) is 3.33. The zero-order valence-electron chi connectivity index (χ0n) is 16.1. The van der Waals surface area contributed by atoms with E-state index in [1.165, 1.54) is 12.8 Å². The Kier molecular flexibility index (Phi) is 5.24. The van der Waals surface area contributed by atoms with Crippen LogP contribution in [0.25, 0.3) is 10.9 Å². The van der Waals surface area contributed by atoms with Crippen molar-refractivity contribution in [2.45, 2.75) is 63.8 Å². The van der Waals surface area contributed by atoms with Crippen molar-refractivity contribution in [3.63, 3.8) is 0 Å². The maximum Gasteiger partial charge on any atom is 0.137 e. The molecule has 1 aliphatic carbocycles. The minimum atomic E-state index is 0.316. The van der Waals surface area contributed by atoms with Gasteiger partial charge >= 0.3 is 0 Å². The molecule has 0 unspecified atom stereocenters. The lowest BCUT2D eigenvalue weighted by Crippen LogP contribution is -2.54. The summed E-state index contributed by atoms with van der Waals surface area (Å²) >= 11 is 0. The van der Waals surface area contributed by atoms with E-state index in [2.05, 4.69) is 40.1 Å². The first kappa shape index (κ1) is 18.1. The van der Waals surface area contributed by atoms with Crippen molar-refractivity contribution in [2.75, 3.05) is 18.5 Å². The van der Waals surface area contributed by atoms with Gasteiger partial charge in [-0.2, -0.15) is 5.26 Å². The molecule has 1 aromatic carbocycles. The van der Waals surface area contributed by atoms with Crippen molar-refractivity contribution in [3.8, 4) is 6.07 Å². The topological polar surface area (TPSA) is 74.1 Å². The molecule has 0 spiro atoms. The predicted molar refractivity (Wildman–Crippen MR) is 106 cm³/mol. The molecule has 6 heteroatoms. The highest BCUT2D eigenvalue weighted by atomic mass is 16.5. The van der Waals surface area contributed by atoms with Gasteiger partial charge in [-0.15, -0.1) is 0 Å². The van der Waals surface area contributed by atoms with E-state index in [0.717, 1.165) is 42.7 Å². The summed E-state index contributed by atoms with van der Waals surface area (Å²) < 4.78 is 5.78. The van der Waals surface area contributed by atoms with Crippen LogP contribution in [0.1, 0.15) is 45.1 Å². The van der Waals surface area contributed by atoms with E-state index in [1.807, 2.05) is 12.1 Å². The van der Waals surface area contributed by atoms with Crippen LogP contribution in [0.15, 0.2) is 24.5 Å². The van der Waals surface area contributed by atoms with Gasteiger partial charge < -0.3 is 10.1 Å². The fourth-order valence-electron chi connectivity index (χ4n) is 4.46. The number of morpholine rings is 1. The monoisotopic (exact) mass is 365 g/mol. The first-order valence-electron chi connectivity index (χ1n) is 9.94. The average Bonchev–Trinajstić information content (AvgIpc) is 2.71. The molecule has 1 saturated carbocycles. The standard InChI is InChI=1S/C21H27N5O/c1-14-15(2)27-10-9-26(14)18-6-4-17(5-7-18)25-21-19-11-16(12-22)3-8-20(19)23-13-24-21/h3,8,11,13-15,17-18H,4-7,9-10H2,1-2H3,(H,23,24,25)/t14-,15-,17?,18?/m1/s1. The van der Waals surface area contributed by atoms with Gasteiger partial charge in [-0.05, 0) is 57.7 Å². The second-order valence-electron chi connectivity index (χ2n) is 7.77. The second kappa shape index (κ2) is 7.79. The number of fused-ring (bicyclic) bond motifs is 1. The minimum Gasteiger partial charge on any atom is -0.376 e. The average molecular weight is 365 g/mol. The molecule has 2 fully saturated rings. The Hall–Kier alpha value is -2.23. The number of anilines is 1. The van der Waals surface area contributed by atoms with Crippen molar-refractivity contribution < 1.29 is 4.74 Å². The lowest BCUT2D eigenvalue weighted by Gasteiger charge is -2.45. The zero-order chi connectivity index (χ0) is 18.8. The fourth-order valence-corrected chi connectivity index (χ4v) is 4.46. The Bertz CT molecular complexity index is 840. The van der Waals surface area contributed by atoms with Crippen molar-refractivity contribution in [3.05, 3.63) is 30.1 Å². The van der Waals surface area contributed by atoms with Crippen LogP contribution in [0.2, 0.25) is 0 Å². The highest BCUT2D eigenvalue weighted by molar-refractivity contribution is 5.89. The Balaban J connectivity index is 1.42. The van der Waals surface area contributed by atoms with Crippen molar-refractivity contribution in [2.24, 2.45) is 0 Å². The Morgan fingerprint density at radius 2 is 2.00 bits per heavy atom. The number of rotatable bonds is 3. The first-order chi connectivity index (χ1) is 13.2. The molecule has 2 aromatic rings. The van der Waals surface area contributed by atoms with Crippen LogP contribution < -0.4 is 5.32 Å². The third-order valence-corrected chi connectivity index (χ3v) is 6.20. The minimum absolute atomic E-state index is 0.316. The molecule has 1 saturated heterocycles. The van der Waals surface area contributed by atoms with Gasteiger partial charge in [0.2, 0.25) is 0 Å². The van der Waals surface area contributed by atoms with E-state index >= 15 is 0 Å². The lowest BCUT2D eigenvalue weighted by molar-refractivity contribution is -0.0766. The number of benzene rings is 1. The van der Waals surface area contributed by atoms with Crippen LogP contribution >= 0.6 is 0 Å². The number of nitrogens with zero attached hydrogens (tertiary/aromatic N) is 4. The van der Waals surface area contributed by atoms with Gasteiger partial charge in [-0.25, -0.2) is 9.97 Å². The molecule has 1 aromatic heterocycles. The van der Waals surface area contributed by atoms with Gasteiger partial charge in [-0.3, -0.25) is 4.90 Å². The summed E-state index contributed by atoms with van der Waals surface area (Å²) in [6, 6.07) is 9.32. The Morgan fingerprint density at radius 3 is 2.78 bits per heavy atom. The SMILES string of the molecule is C[C@@H]1[C@@H](C)OCCN1C1CCC(Nc2ncnc3ccc(C#N)cc23)CC1. The van der Waals surface area contributed by atoms with E-state index in [0.29, 0.717) is 29.8 Å². The number of ether oxygens (including phenoxy) is 1. The molecule has 4 rings (SSSR count). The summed E-state index contributed by atoms with van der Waals surface area (Å²) in [5.74, 6) is 0.842. The molecule has 0 amide bonds. The van der Waals surface area contributed by atoms with Crippen LogP contribution in [0.3, 0.4) is 0 Å². The van der Waals surface area contributed by atoms with E-state index in [1.54, 1.807) is 12.4 Å². The number of hydrogen-bond donors (Lipinski definition) is 1. The number of nitrogens with one attached hydrogen (secondary N) is 1. The summed E-state index contributed by atoms with van der Waals surface area (Å²) in [5.41, 5.74) is 1.51.